The van der Waals surface area contributed by atoms with Crippen LogP contribution in [0.25, 0.3) is 0 Å². The molecule has 34 heavy (non-hydrogen) atoms. The summed E-state index contributed by atoms with van der Waals surface area (Å²) in [4.78, 5) is 32.3. The van der Waals surface area contributed by atoms with Crippen LogP contribution in [0.15, 0.2) is 48.5 Å². The molecular weight excluding hydrogens is 450 g/mol. The van der Waals surface area contributed by atoms with Crippen molar-refractivity contribution >= 4 is 29.1 Å². The molecule has 0 unspecified atom stereocenters. The van der Waals surface area contributed by atoms with E-state index in [4.69, 9.17) is 11.6 Å². The van der Waals surface area contributed by atoms with E-state index in [-0.39, 0.29) is 18.2 Å². The van der Waals surface area contributed by atoms with E-state index in [1.165, 1.54) is 11.3 Å². The molecule has 7 nitrogen and oxygen atoms in total. The summed E-state index contributed by atoms with van der Waals surface area (Å²) >= 11 is 6.24. The second-order valence-electron chi connectivity index (χ2n) is 8.93. The molecule has 0 aliphatic carbocycles. The number of nitrogens with one attached hydrogen (secondary N) is 1. The van der Waals surface area contributed by atoms with Gasteiger partial charge in [0.05, 0.1) is 6.42 Å². The van der Waals surface area contributed by atoms with Crippen molar-refractivity contribution in [3.05, 3.63) is 81.6 Å². The molecule has 2 amide bonds. The fraction of sp³-hybridized carbons (Fsp3) is 0.346. The minimum Gasteiger partial charge on any atom is -0.368 e. The third kappa shape index (κ3) is 4.40. The monoisotopic (exact) mass is 477 g/mol. The highest BCUT2D eigenvalue weighted by Gasteiger charge is 2.31. The van der Waals surface area contributed by atoms with Gasteiger partial charge in [-0.15, -0.1) is 0 Å². The van der Waals surface area contributed by atoms with Gasteiger partial charge in [-0.1, -0.05) is 48.0 Å². The van der Waals surface area contributed by atoms with Crippen LogP contribution in [0.1, 0.15) is 32.9 Å². The van der Waals surface area contributed by atoms with Gasteiger partial charge in [0.25, 0.3) is 5.91 Å². The number of carbonyl (C=O) groups excluding carboxylic acids is 2. The number of fused-ring (bicyclic) bond motifs is 1. The number of halogens is 1. The first kappa shape index (κ1) is 22.5. The third-order valence-electron chi connectivity index (χ3n) is 6.81. The highest BCUT2D eigenvalue weighted by Crippen LogP contribution is 2.25. The van der Waals surface area contributed by atoms with Crippen LogP contribution in [0, 0.1) is 6.92 Å². The van der Waals surface area contributed by atoms with Crippen LogP contribution in [0.2, 0.25) is 5.02 Å². The predicted octanol–water partition coefficient (Wildman–Crippen LogP) is 3.46. The average Bonchev–Trinajstić information content (AvgIpc) is 3.29. The number of para-hydroxylation sites is 1. The normalized spacial score (nSPS) is 15.9. The van der Waals surface area contributed by atoms with Crippen LogP contribution in [0.3, 0.4) is 0 Å². The van der Waals surface area contributed by atoms with Crippen LogP contribution in [-0.2, 0) is 24.2 Å². The van der Waals surface area contributed by atoms with Crippen LogP contribution in [-0.4, -0.2) is 64.5 Å². The fourth-order valence-electron chi connectivity index (χ4n) is 4.82. The number of hydrogen-bond acceptors (Lipinski definition) is 4. The van der Waals surface area contributed by atoms with Crippen molar-refractivity contribution in [1.29, 1.82) is 0 Å². The summed E-state index contributed by atoms with van der Waals surface area (Å²) in [6.07, 6.45) is 0.905. The molecule has 0 spiro atoms. The molecule has 2 aliphatic heterocycles. The lowest BCUT2D eigenvalue weighted by Crippen LogP contribution is -2.49. The van der Waals surface area contributed by atoms with E-state index in [0.717, 1.165) is 29.9 Å². The molecule has 1 fully saturated rings. The number of aryl methyl sites for hydroxylation is 1. The molecule has 0 atom stereocenters. The quantitative estimate of drug-likeness (QED) is 0.624. The zero-order valence-electron chi connectivity index (χ0n) is 19.3. The van der Waals surface area contributed by atoms with Crippen molar-refractivity contribution in [3.8, 4) is 0 Å². The first-order valence-corrected chi connectivity index (χ1v) is 12.1. The first-order valence-electron chi connectivity index (χ1n) is 11.7. The zero-order valence-corrected chi connectivity index (χ0v) is 20.0. The number of rotatable bonds is 4. The van der Waals surface area contributed by atoms with E-state index in [1.54, 1.807) is 11.0 Å². The predicted molar refractivity (Wildman–Crippen MR) is 132 cm³/mol. The number of aromatic nitrogens is 2. The maximum absolute atomic E-state index is 13.4. The Morgan fingerprint density at radius 1 is 0.971 bits per heavy atom. The molecule has 3 heterocycles. The lowest BCUT2D eigenvalue weighted by atomic mass is 10.0. The van der Waals surface area contributed by atoms with Crippen LogP contribution in [0.5, 0.6) is 0 Å². The molecule has 1 saturated heterocycles. The number of hydrogen-bond donors (Lipinski definition) is 1. The Labute approximate surface area is 204 Å². The van der Waals surface area contributed by atoms with Gasteiger partial charge in [0.2, 0.25) is 5.91 Å². The molecule has 0 radical (unpaired) electrons. The zero-order chi connectivity index (χ0) is 23.7. The largest absolute Gasteiger partial charge is 0.368 e. The molecular formula is C26H28ClN5O2. The SMILES string of the molecule is Cc1ccccc1N1CCN(C(=O)c2n[nH]c3c2CN(C(=O)Cc2ccccc2Cl)CC3)CC1. The number of carbonyl (C=O) groups is 2. The van der Waals surface area contributed by atoms with E-state index < -0.39 is 0 Å². The highest BCUT2D eigenvalue weighted by molar-refractivity contribution is 6.31. The van der Waals surface area contributed by atoms with Crippen LogP contribution >= 0.6 is 11.6 Å². The lowest BCUT2D eigenvalue weighted by molar-refractivity contribution is -0.131. The Morgan fingerprint density at radius 2 is 1.71 bits per heavy atom. The van der Waals surface area contributed by atoms with Gasteiger partial charge in [0.15, 0.2) is 5.69 Å². The van der Waals surface area contributed by atoms with Gasteiger partial charge < -0.3 is 14.7 Å². The molecule has 0 bridgehead atoms. The number of benzene rings is 2. The summed E-state index contributed by atoms with van der Waals surface area (Å²) in [6.45, 7) is 5.95. The Bertz CT molecular complexity index is 1220. The smallest absolute Gasteiger partial charge is 0.274 e. The summed E-state index contributed by atoms with van der Waals surface area (Å²) in [6, 6.07) is 15.7. The first-order chi connectivity index (χ1) is 16.5. The minimum absolute atomic E-state index is 0.00481. The van der Waals surface area contributed by atoms with Crippen molar-refractivity contribution < 1.29 is 9.59 Å². The second-order valence-corrected chi connectivity index (χ2v) is 9.34. The van der Waals surface area contributed by atoms with E-state index in [2.05, 4.69) is 40.2 Å². The Hall–Kier alpha value is -3.32. The fourth-order valence-corrected chi connectivity index (χ4v) is 5.02. The van der Waals surface area contributed by atoms with Gasteiger partial charge in [-0.2, -0.15) is 5.10 Å². The molecule has 3 aromatic rings. The minimum atomic E-state index is -0.0673. The number of amides is 2. The summed E-state index contributed by atoms with van der Waals surface area (Å²) in [7, 11) is 0. The van der Waals surface area contributed by atoms with Gasteiger partial charge >= 0.3 is 0 Å². The average molecular weight is 478 g/mol. The number of nitrogens with zero attached hydrogens (tertiary/aromatic N) is 4. The maximum atomic E-state index is 13.4. The lowest BCUT2D eigenvalue weighted by Gasteiger charge is -2.36. The number of anilines is 1. The van der Waals surface area contributed by atoms with E-state index in [0.29, 0.717) is 43.3 Å². The van der Waals surface area contributed by atoms with Crippen molar-refractivity contribution in [2.45, 2.75) is 26.3 Å². The van der Waals surface area contributed by atoms with Crippen molar-refractivity contribution in [1.82, 2.24) is 20.0 Å². The molecule has 5 rings (SSSR count). The van der Waals surface area contributed by atoms with Gasteiger partial charge in [-0.05, 0) is 30.2 Å². The molecule has 2 aliphatic rings. The van der Waals surface area contributed by atoms with E-state index in [1.807, 2.05) is 29.2 Å². The molecule has 8 heteroatoms. The summed E-state index contributed by atoms with van der Waals surface area (Å²) in [5, 5.41) is 8.00. The van der Waals surface area contributed by atoms with Gasteiger partial charge in [-0.3, -0.25) is 14.7 Å². The van der Waals surface area contributed by atoms with Crippen LogP contribution < -0.4 is 4.90 Å². The third-order valence-corrected chi connectivity index (χ3v) is 7.18. The van der Waals surface area contributed by atoms with E-state index in [9.17, 15) is 9.59 Å². The molecule has 1 N–H and O–H groups in total. The summed E-state index contributed by atoms with van der Waals surface area (Å²) < 4.78 is 0. The van der Waals surface area contributed by atoms with Crippen LogP contribution in [0.4, 0.5) is 5.69 Å². The Balaban J connectivity index is 1.25. The van der Waals surface area contributed by atoms with Gasteiger partial charge in [0, 0.05) is 67.7 Å². The second kappa shape index (κ2) is 9.50. The summed E-state index contributed by atoms with van der Waals surface area (Å²) in [5.74, 6) is -0.0625. The maximum Gasteiger partial charge on any atom is 0.274 e. The summed E-state index contributed by atoms with van der Waals surface area (Å²) in [5.41, 5.74) is 5.50. The molecule has 2 aromatic carbocycles. The Kier molecular flexibility index (Phi) is 6.28. The van der Waals surface area contributed by atoms with E-state index >= 15 is 0 Å². The van der Waals surface area contributed by atoms with Gasteiger partial charge in [0.1, 0.15) is 0 Å². The molecule has 0 saturated carbocycles. The number of aromatic amines is 1. The number of piperazine rings is 1. The van der Waals surface area contributed by atoms with Crippen molar-refractivity contribution in [3.63, 3.8) is 0 Å². The topological polar surface area (TPSA) is 72.5 Å². The molecule has 1 aromatic heterocycles. The van der Waals surface area contributed by atoms with Crippen molar-refractivity contribution in [2.24, 2.45) is 0 Å². The number of H-pyrrole nitrogens is 1. The standard InChI is InChI=1S/C26H28ClN5O2/c1-18-6-2-5-9-23(18)30-12-14-31(15-13-30)26(34)25-20-17-32(11-10-22(20)28-29-25)24(33)16-19-7-3-4-8-21(19)27/h2-9H,10-17H2,1H3,(H,28,29). The Morgan fingerprint density at radius 3 is 2.47 bits per heavy atom. The highest BCUT2D eigenvalue weighted by atomic mass is 35.5. The van der Waals surface area contributed by atoms with Crippen molar-refractivity contribution in [2.75, 3.05) is 37.6 Å². The molecule has 176 valence electrons. The van der Waals surface area contributed by atoms with Gasteiger partial charge in [-0.25, -0.2) is 0 Å².